The normalized spacial score (nSPS) is 10.8. The number of imidazole rings is 1. The molecule has 1 aromatic heterocycles. The molecule has 2 amide bonds. The molecule has 0 aliphatic rings. The molecule has 8 heteroatoms. The van der Waals surface area contributed by atoms with Gasteiger partial charge in [0.25, 0.3) is 0 Å². The number of nitrogens with one attached hydrogen (secondary N) is 2. The van der Waals surface area contributed by atoms with Gasteiger partial charge < -0.3 is 15.2 Å². The molecule has 2 N–H and O–H groups in total. The number of halogens is 1. The van der Waals surface area contributed by atoms with Gasteiger partial charge in [-0.2, -0.15) is 11.8 Å². The van der Waals surface area contributed by atoms with Gasteiger partial charge >= 0.3 is 0 Å². The first-order valence-electron chi connectivity index (χ1n) is 8.28. The van der Waals surface area contributed by atoms with Gasteiger partial charge in [0.2, 0.25) is 11.8 Å². The Balaban J connectivity index is 1.83. The quantitative estimate of drug-likeness (QED) is 0.678. The van der Waals surface area contributed by atoms with Gasteiger partial charge in [-0.15, -0.1) is 0 Å². The number of thioether (sulfide) groups is 1. The molecule has 0 atom stereocenters. The minimum Gasteiger partial charge on any atom is -0.326 e. The van der Waals surface area contributed by atoms with Crippen LogP contribution in [0.1, 0.15) is 12.7 Å². The molecule has 3 aromatic rings. The zero-order valence-corrected chi connectivity index (χ0v) is 15.8. The van der Waals surface area contributed by atoms with Crippen molar-refractivity contribution in [1.29, 1.82) is 0 Å². The summed E-state index contributed by atoms with van der Waals surface area (Å²) in [7, 11) is 0. The molecule has 2 aromatic carbocycles. The van der Waals surface area contributed by atoms with Crippen molar-refractivity contribution in [3.8, 4) is 0 Å². The summed E-state index contributed by atoms with van der Waals surface area (Å²) in [5.41, 5.74) is 2.09. The summed E-state index contributed by atoms with van der Waals surface area (Å²) in [5, 5.41) is 5.14. The fourth-order valence-electron chi connectivity index (χ4n) is 2.78. The fraction of sp³-hybridized carbons (Fsp3) is 0.211. The molecule has 140 valence electrons. The number of hydrogen-bond acceptors (Lipinski definition) is 4. The SMILES string of the molecule is CSCc1nc2ccccc2n1CC(=O)Nc1cc(NC(C)=O)ccc1F. The van der Waals surface area contributed by atoms with E-state index in [1.165, 1.54) is 25.1 Å². The number of amides is 2. The molecule has 0 saturated carbocycles. The molecular formula is C19H19FN4O2S. The van der Waals surface area contributed by atoms with E-state index >= 15 is 0 Å². The van der Waals surface area contributed by atoms with Crippen molar-refractivity contribution in [3.63, 3.8) is 0 Å². The largest absolute Gasteiger partial charge is 0.326 e. The number of hydrogen-bond donors (Lipinski definition) is 2. The highest BCUT2D eigenvalue weighted by Gasteiger charge is 2.15. The third-order valence-electron chi connectivity index (χ3n) is 3.87. The van der Waals surface area contributed by atoms with E-state index in [1.807, 2.05) is 35.1 Å². The standard InChI is InChI=1S/C19H19FN4O2S/c1-12(25)21-13-7-8-14(20)16(9-13)23-19(26)10-24-17-6-4-3-5-15(17)22-18(24)11-27-2/h3-9H,10-11H2,1-2H3,(H,21,25)(H,23,26). The Kier molecular flexibility index (Phi) is 5.75. The van der Waals surface area contributed by atoms with Gasteiger partial charge in [-0.25, -0.2) is 9.37 Å². The van der Waals surface area contributed by atoms with E-state index in [2.05, 4.69) is 15.6 Å². The minimum absolute atomic E-state index is 0.0141. The molecule has 27 heavy (non-hydrogen) atoms. The van der Waals surface area contributed by atoms with Gasteiger partial charge in [0.1, 0.15) is 18.2 Å². The van der Waals surface area contributed by atoms with Crippen LogP contribution in [0.25, 0.3) is 11.0 Å². The molecule has 0 unspecified atom stereocenters. The number of benzene rings is 2. The van der Waals surface area contributed by atoms with Crippen molar-refractivity contribution < 1.29 is 14.0 Å². The lowest BCUT2D eigenvalue weighted by atomic mass is 10.2. The Morgan fingerprint density at radius 1 is 1.19 bits per heavy atom. The maximum atomic E-state index is 14.0. The summed E-state index contributed by atoms with van der Waals surface area (Å²) < 4.78 is 15.9. The third-order valence-corrected chi connectivity index (χ3v) is 4.42. The topological polar surface area (TPSA) is 76.0 Å². The Bertz CT molecular complexity index is 1000. The monoisotopic (exact) mass is 386 g/mol. The molecule has 0 fully saturated rings. The predicted octanol–water partition coefficient (Wildman–Crippen LogP) is 3.64. The van der Waals surface area contributed by atoms with E-state index in [9.17, 15) is 14.0 Å². The summed E-state index contributed by atoms with van der Waals surface area (Å²) in [6, 6.07) is 11.6. The Labute approximate surface area is 160 Å². The first-order chi connectivity index (χ1) is 13.0. The number of para-hydroxylation sites is 2. The lowest BCUT2D eigenvalue weighted by molar-refractivity contribution is -0.117. The fourth-order valence-corrected chi connectivity index (χ4v) is 3.26. The van der Waals surface area contributed by atoms with Crippen LogP contribution in [-0.2, 0) is 21.9 Å². The van der Waals surface area contributed by atoms with E-state index in [1.54, 1.807) is 11.8 Å². The molecule has 1 heterocycles. The molecule has 3 rings (SSSR count). The maximum absolute atomic E-state index is 14.0. The van der Waals surface area contributed by atoms with Crippen LogP contribution >= 0.6 is 11.8 Å². The van der Waals surface area contributed by atoms with Crippen molar-refractivity contribution in [1.82, 2.24) is 9.55 Å². The summed E-state index contributed by atoms with van der Waals surface area (Å²) in [5.74, 6) is 0.224. The van der Waals surface area contributed by atoms with Crippen LogP contribution in [0.3, 0.4) is 0 Å². The second-order valence-electron chi connectivity index (χ2n) is 5.96. The van der Waals surface area contributed by atoms with Crippen LogP contribution in [0.2, 0.25) is 0 Å². The molecule has 0 bridgehead atoms. The number of carbonyl (C=O) groups excluding carboxylic acids is 2. The summed E-state index contributed by atoms with van der Waals surface area (Å²) in [4.78, 5) is 28.3. The van der Waals surface area contributed by atoms with E-state index in [4.69, 9.17) is 0 Å². The smallest absolute Gasteiger partial charge is 0.244 e. The number of fused-ring (bicyclic) bond motifs is 1. The molecule has 6 nitrogen and oxygen atoms in total. The van der Waals surface area contributed by atoms with E-state index < -0.39 is 5.82 Å². The molecular weight excluding hydrogens is 367 g/mol. The van der Waals surface area contributed by atoms with Gasteiger partial charge in [0.05, 0.1) is 22.5 Å². The Hall–Kier alpha value is -2.87. The lowest BCUT2D eigenvalue weighted by Crippen LogP contribution is -2.21. The molecule has 0 radical (unpaired) electrons. The predicted molar refractivity (Wildman–Crippen MR) is 106 cm³/mol. The highest BCUT2D eigenvalue weighted by Crippen LogP contribution is 2.21. The Morgan fingerprint density at radius 3 is 2.70 bits per heavy atom. The lowest BCUT2D eigenvalue weighted by Gasteiger charge is -2.11. The van der Waals surface area contributed by atoms with Crippen molar-refractivity contribution in [2.75, 3.05) is 16.9 Å². The number of aromatic nitrogens is 2. The second kappa shape index (κ2) is 8.22. The summed E-state index contributed by atoms with van der Waals surface area (Å²) >= 11 is 1.61. The number of anilines is 2. The second-order valence-corrected chi connectivity index (χ2v) is 6.83. The van der Waals surface area contributed by atoms with Gasteiger partial charge in [-0.05, 0) is 36.6 Å². The van der Waals surface area contributed by atoms with Crippen LogP contribution < -0.4 is 10.6 Å². The summed E-state index contributed by atoms with van der Waals surface area (Å²) in [6.45, 7) is 1.37. The molecule has 0 aliphatic heterocycles. The van der Waals surface area contributed by atoms with Crippen LogP contribution in [0, 0.1) is 5.82 Å². The van der Waals surface area contributed by atoms with E-state index in [0.717, 1.165) is 16.9 Å². The number of rotatable bonds is 6. The third kappa shape index (κ3) is 4.46. The van der Waals surface area contributed by atoms with Crippen molar-refractivity contribution in [2.45, 2.75) is 19.2 Å². The number of carbonyl (C=O) groups is 2. The van der Waals surface area contributed by atoms with E-state index in [-0.39, 0.29) is 24.0 Å². The first kappa shape index (κ1) is 18.9. The number of nitrogens with zero attached hydrogens (tertiary/aromatic N) is 2. The highest BCUT2D eigenvalue weighted by molar-refractivity contribution is 7.97. The van der Waals surface area contributed by atoms with Crippen molar-refractivity contribution in [2.24, 2.45) is 0 Å². The average molecular weight is 386 g/mol. The summed E-state index contributed by atoms with van der Waals surface area (Å²) in [6.07, 6.45) is 1.96. The zero-order valence-electron chi connectivity index (χ0n) is 15.0. The van der Waals surface area contributed by atoms with Crippen molar-refractivity contribution in [3.05, 3.63) is 54.1 Å². The highest BCUT2D eigenvalue weighted by atomic mass is 32.2. The van der Waals surface area contributed by atoms with Gasteiger partial charge in [0, 0.05) is 12.6 Å². The van der Waals surface area contributed by atoms with Gasteiger partial charge in [-0.1, -0.05) is 12.1 Å². The van der Waals surface area contributed by atoms with Gasteiger partial charge in [-0.3, -0.25) is 9.59 Å². The zero-order chi connectivity index (χ0) is 19.4. The van der Waals surface area contributed by atoms with Crippen LogP contribution in [0.4, 0.5) is 15.8 Å². The maximum Gasteiger partial charge on any atom is 0.244 e. The first-order valence-corrected chi connectivity index (χ1v) is 9.67. The molecule has 0 spiro atoms. The molecule has 0 aliphatic carbocycles. The molecule has 0 saturated heterocycles. The van der Waals surface area contributed by atoms with Crippen LogP contribution in [0.5, 0.6) is 0 Å². The minimum atomic E-state index is -0.572. The van der Waals surface area contributed by atoms with E-state index in [0.29, 0.717) is 11.4 Å². The van der Waals surface area contributed by atoms with Gasteiger partial charge in [0.15, 0.2) is 0 Å². The average Bonchev–Trinajstić information content (AvgIpc) is 2.95. The van der Waals surface area contributed by atoms with Crippen molar-refractivity contribution >= 4 is 46.0 Å². The van der Waals surface area contributed by atoms with Crippen LogP contribution in [0.15, 0.2) is 42.5 Å². The Morgan fingerprint density at radius 2 is 1.96 bits per heavy atom. The van der Waals surface area contributed by atoms with Crippen LogP contribution in [-0.4, -0.2) is 27.6 Å².